The van der Waals surface area contributed by atoms with Crippen LogP contribution in [0.4, 0.5) is 5.95 Å². The van der Waals surface area contributed by atoms with E-state index in [0.29, 0.717) is 11.8 Å². The first kappa shape index (κ1) is 11.9. The minimum absolute atomic E-state index is 0.168. The summed E-state index contributed by atoms with van der Waals surface area (Å²) >= 11 is 1.70. The molecule has 0 aliphatic rings. The molecule has 0 aliphatic carbocycles. The largest absolute Gasteiger partial charge is 0.344 e. The van der Waals surface area contributed by atoms with E-state index in [-0.39, 0.29) is 6.04 Å². The second kappa shape index (κ2) is 5.24. The molecule has 3 aromatic rings. The van der Waals surface area contributed by atoms with Crippen molar-refractivity contribution in [3.8, 4) is 11.5 Å². The van der Waals surface area contributed by atoms with E-state index < -0.39 is 0 Å². The number of nitrogens with one attached hydrogen (secondary N) is 1. The Balaban J connectivity index is 1.75. The topological polar surface area (TPSA) is 51.0 Å². The fourth-order valence-electron chi connectivity index (χ4n) is 1.78. The SMILES string of the molecule is CC(Nc1noc(-c2ccccc2)n1)c1cccs1. The Morgan fingerprint density at radius 2 is 2.00 bits per heavy atom. The second-order valence-corrected chi connectivity index (χ2v) is 5.15. The highest BCUT2D eigenvalue weighted by atomic mass is 32.1. The summed E-state index contributed by atoms with van der Waals surface area (Å²) in [6.45, 7) is 2.07. The Labute approximate surface area is 115 Å². The average Bonchev–Trinajstić information content (AvgIpc) is 3.11. The summed E-state index contributed by atoms with van der Waals surface area (Å²) in [6.07, 6.45) is 0. The van der Waals surface area contributed by atoms with E-state index in [1.165, 1.54) is 4.88 Å². The van der Waals surface area contributed by atoms with Gasteiger partial charge in [0.25, 0.3) is 11.8 Å². The summed E-state index contributed by atoms with van der Waals surface area (Å²) in [5.74, 6) is 1.04. The van der Waals surface area contributed by atoms with Gasteiger partial charge in [-0.2, -0.15) is 4.98 Å². The predicted octanol–water partition coefficient (Wildman–Crippen LogP) is 3.97. The summed E-state index contributed by atoms with van der Waals surface area (Å²) < 4.78 is 5.25. The molecule has 5 heteroatoms. The third-order valence-corrected chi connectivity index (χ3v) is 3.82. The van der Waals surface area contributed by atoms with Gasteiger partial charge in [0.1, 0.15) is 0 Å². The highest BCUT2D eigenvalue weighted by Gasteiger charge is 2.12. The van der Waals surface area contributed by atoms with E-state index >= 15 is 0 Å². The van der Waals surface area contributed by atoms with Gasteiger partial charge in [-0.15, -0.1) is 11.3 Å². The van der Waals surface area contributed by atoms with Gasteiger partial charge in [-0.05, 0) is 35.7 Å². The molecule has 1 N–H and O–H groups in total. The Bertz CT molecular complexity index is 634. The number of nitrogens with zero attached hydrogens (tertiary/aromatic N) is 2. The molecule has 0 spiro atoms. The maximum atomic E-state index is 5.25. The fraction of sp³-hybridized carbons (Fsp3) is 0.143. The van der Waals surface area contributed by atoms with Gasteiger partial charge >= 0.3 is 0 Å². The van der Waals surface area contributed by atoms with E-state index in [4.69, 9.17) is 4.52 Å². The molecule has 0 amide bonds. The van der Waals surface area contributed by atoms with E-state index in [2.05, 4.69) is 33.8 Å². The normalized spacial score (nSPS) is 12.3. The first-order valence-electron chi connectivity index (χ1n) is 6.02. The summed E-state index contributed by atoms with van der Waals surface area (Å²) in [5, 5.41) is 9.23. The van der Waals surface area contributed by atoms with Crippen LogP contribution in [-0.2, 0) is 0 Å². The monoisotopic (exact) mass is 271 g/mol. The number of hydrogen-bond acceptors (Lipinski definition) is 5. The number of thiophene rings is 1. The number of rotatable bonds is 4. The summed E-state index contributed by atoms with van der Waals surface area (Å²) in [5.41, 5.74) is 0.923. The molecule has 3 rings (SSSR count). The van der Waals surface area contributed by atoms with Crippen molar-refractivity contribution in [2.45, 2.75) is 13.0 Å². The van der Waals surface area contributed by atoms with Crippen molar-refractivity contribution in [3.63, 3.8) is 0 Å². The van der Waals surface area contributed by atoms with Crippen molar-refractivity contribution < 1.29 is 4.52 Å². The molecule has 19 heavy (non-hydrogen) atoms. The molecule has 1 aromatic carbocycles. The Morgan fingerprint density at radius 1 is 1.16 bits per heavy atom. The molecule has 0 saturated heterocycles. The smallest absolute Gasteiger partial charge is 0.264 e. The Morgan fingerprint density at radius 3 is 2.74 bits per heavy atom. The Hall–Kier alpha value is -2.14. The van der Waals surface area contributed by atoms with Gasteiger partial charge in [-0.1, -0.05) is 24.3 Å². The molecule has 0 radical (unpaired) electrons. The summed E-state index contributed by atoms with van der Waals surface area (Å²) in [7, 11) is 0. The number of hydrogen-bond donors (Lipinski definition) is 1. The van der Waals surface area contributed by atoms with Crippen LogP contribution in [0.2, 0.25) is 0 Å². The van der Waals surface area contributed by atoms with Crippen LogP contribution in [0.15, 0.2) is 52.4 Å². The molecule has 0 fully saturated rings. The highest BCUT2D eigenvalue weighted by Crippen LogP contribution is 2.23. The molecule has 2 heterocycles. The van der Waals surface area contributed by atoms with Gasteiger partial charge in [-0.25, -0.2) is 0 Å². The van der Waals surface area contributed by atoms with Gasteiger partial charge in [0, 0.05) is 10.4 Å². The molecular formula is C14H13N3OS. The van der Waals surface area contributed by atoms with E-state index in [1.54, 1.807) is 11.3 Å². The van der Waals surface area contributed by atoms with Crippen LogP contribution in [0, 0.1) is 0 Å². The van der Waals surface area contributed by atoms with Gasteiger partial charge in [0.15, 0.2) is 0 Å². The zero-order chi connectivity index (χ0) is 13.1. The van der Waals surface area contributed by atoms with Crippen molar-refractivity contribution in [2.75, 3.05) is 5.32 Å². The van der Waals surface area contributed by atoms with Gasteiger partial charge in [-0.3, -0.25) is 0 Å². The average molecular weight is 271 g/mol. The predicted molar refractivity (Wildman–Crippen MR) is 76.1 cm³/mol. The molecule has 1 unspecified atom stereocenters. The number of aromatic nitrogens is 2. The highest BCUT2D eigenvalue weighted by molar-refractivity contribution is 7.10. The van der Waals surface area contributed by atoms with Crippen molar-refractivity contribution in [1.82, 2.24) is 10.1 Å². The first-order chi connectivity index (χ1) is 9.33. The van der Waals surface area contributed by atoms with Crippen LogP contribution in [0.5, 0.6) is 0 Å². The Kier molecular flexibility index (Phi) is 3.29. The number of benzene rings is 1. The maximum absolute atomic E-state index is 5.25. The standard InChI is InChI=1S/C14H13N3OS/c1-10(12-8-5-9-19-12)15-14-16-13(18-17-14)11-6-3-2-4-7-11/h2-10H,1H3,(H,15,17). The molecule has 1 atom stereocenters. The van der Waals surface area contributed by atoms with Crippen LogP contribution >= 0.6 is 11.3 Å². The van der Waals surface area contributed by atoms with Crippen LogP contribution in [0.25, 0.3) is 11.5 Å². The van der Waals surface area contributed by atoms with Gasteiger partial charge in [0.2, 0.25) is 0 Å². The lowest BCUT2D eigenvalue weighted by Crippen LogP contribution is -2.05. The fourth-order valence-corrected chi connectivity index (χ4v) is 2.52. The summed E-state index contributed by atoms with van der Waals surface area (Å²) in [6, 6.07) is 14.0. The zero-order valence-electron chi connectivity index (χ0n) is 10.4. The van der Waals surface area contributed by atoms with Crippen molar-refractivity contribution in [1.29, 1.82) is 0 Å². The molecule has 0 saturated carbocycles. The van der Waals surface area contributed by atoms with Crippen LogP contribution in [0.1, 0.15) is 17.8 Å². The molecule has 4 nitrogen and oxygen atoms in total. The van der Waals surface area contributed by atoms with Crippen LogP contribution in [0.3, 0.4) is 0 Å². The van der Waals surface area contributed by atoms with Crippen LogP contribution in [-0.4, -0.2) is 10.1 Å². The molecule has 2 aromatic heterocycles. The molecule has 96 valence electrons. The van der Waals surface area contributed by atoms with Gasteiger partial charge < -0.3 is 9.84 Å². The third kappa shape index (κ3) is 2.66. The lowest BCUT2D eigenvalue weighted by Gasteiger charge is -2.08. The quantitative estimate of drug-likeness (QED) is 0.780. The second-order valence-electron chi connectivity index (χ2n) is 4.17. The van der Waals surface area contributed by atoms with Crippen molar-refractivity contribution in [3.05, 3.63) is 52.7 Å². The summed E-state index contributed by atoms with van der Waals surface area (Å²) in [4.78, 5) is 5.59. The minimum atomic E-state index is 0.168. The lowest BCUT2D eigenvalue weighted by atomic mass is 10.2. The first-order valence-corrected chi connectivity index (χ1v) is 6.90. The van der Waals surface area contributed by atoms with E-state index in [1.807, 2.05) is 36.4 Å². The van der Waals surface area contributed by atoms with Crippen molar-refractivity contribution in [2.24, 2.45) is 0 Å². The van der Waals surface area contributed by atoms with E-state index in [9.17, 15) is 0 Å². The molecule has 0 bridgehead atoms. The maximum Gasteiger partial charge on any atom is 0.264 e. The van der Waals surface area contributed by atoms with Crippen molar-refractivity contribution >= 4 is 17.3 Å². The lowest BCUT2D eigenvalue weighted by molar-refractivity contribution is 0.432. The number of anilines is 1. The minimum Gasteiger partial charge on any atom is -0.344 e. The molecule has 0 aliphatic heterocycles. The molecular weight excluding hydrogens is 258 g/mol. The van der Waals surface area contributed by atoms with E-state index in [0.717, 1.165) is 5.56 Å². The van der Waals surface area contributed by atoms with Gasteiger partial charge in [0.05, 0.1) is 6.04 Å². The third-order valence-electron chi connectivity index (χ3n) is 2.76. The van der Waals surface area contributed by atoms with Crippen LogP contribution < -0.4 is 5.32 Å². The zero-order valence-corrected chi connectivity index (χ0v) is 11.2.